The maximum Gasteiger partial charge on any atom is 0.255 e. The fourth-order valence-electron chi connectivity index (χ4n) is 4.85. The molecule has 0 saturated heterocycles. The van der Waals surface area contributed by atoms with Gasteiger partial charge in [-0.15, -0.1) is 0 Å². The second-order valence-electron chi connectivity index (χ2n) is 8.98. The van der Waals surface area contributed by atoms with E-state index < -0.39 is 6.04 Å². The summed E-state index contributed by atoms with van der Waals surface area (Å²) in [6, 6.07) is 19.3. The second-order valence-corrected chi connectivity index (χ2v) is 8.98. The molecule has 1 aliphatic heterocycles. The molecule has 0 saturated carbocycles. The van der Waals surface area contributed by atoms with Crippen LogP contribution < -0.4 is 20.1 Å². The normalized spacial score (nSPS) is 14.9. The van der Waals surface area contributed by atoms with Crippen molar-refractivity contribution in [2.24, 2.45) is 0 Å². The van der Waals surface area contributed by atoms with Crippen molar-refractivity contribution in [1.29, 1.82) is 0 Å². The molecule has 5 rings (SSSR count). The molecule has 7 heteroatoms. The van der Waals surface area contributed by atoms with Gasteiger partial charge in [0.2, 0.25) is 5.95 Å². The smallest absolute Gasteiger partial charge is 0.255 e. The van der Waals surface area contributed by atoms with Crippen LogP contribution in [0.3, 0.4) is 0 Å². The van der Waals surface area contributed by atoms with Crippen molar-refractivity contribution in [2.45, 2.75) is 33.7 Å². The highest BCUT2D eigenvalue weighted by Gasteiger charge is 2.34. The van der Waals surface area contributed by atoms with Gasteiger partial charge in [-0.3, -0.25) is 9.36 Å². The lowest BCUT2D eigenvalue weighted by molar-refractivity contribution is -0.113. The third-order valence-corrected chi connectivity index (χ3v) is 6.51. The first-order valence-electron chi connectivity index (χ1n) is 12.0. The quantitative estimate of drug-likeness (QED) is 0.353. The molecule has 2 heterocycles. The topological polar surface area (TPSA) is 77.4 Å². The molecule has 1 amide bonds. The summed E-state index contributed by atoms with van der Waals surface area (Å²) in [4.78, 5) is 18.7. The molecule has 1 atom stereocenters. The van der Waals surface area contributed by atoms with Crippen LogP contribution in [0.4, 0.5) is 11.6 Å². The molecule has 36 heavy (non-hydrogen) atoms. The third-order valence-electron chi connectivity index (χ3n) is 6.51. The Balaban J connectivity index is 1.67. The van der Waals surface area contributed by atoms with Crippen LogP contribution in [-0.2, 0) is 4.79 Å². The molecule has 184 valence electrons. The van der Waals surface area contributed by atoms with E-state index in [0.29, 0.717) is 29.6 Å². The van der Waals surface area contributed by atoms with Crippen molar-refractivity contribution < 1.29 is 14.3 Å². The van der Waals surface area contributed by atoms with E-state index in [1.807, 2.05) is 82.3 Å². The van der Waals surface area contributed by atoms with Crippen LogP contribution in [0, 0.1) is 13.8 Å². The van der Waals surface area contributed by atoms with E-state index in [2.05, 4.69) is 21.3 Å². The lowest BCUT2D eigenvalue weighted by Gasteiger charge is -2.31. The van der Waals surface area contributed by atoms with Crippen LogP contribution in [0.1, 0.15) is 36.6 Å². The minimum absolute atomic E-state index is 0.173. The SMILES string of the molecule is CCOc1ccc(C2C(C(=O)Nc3ccc(C)cc3C)=C(C)Nc3nc4ccccc4n32)cc1OC. The van der Waals surface area contributed by atoms with Crippen molar-refractivity contribution in [3.63, 3.8) is 0 Å². The van der Waals surface area contributed by atoms with E-state index in [1.54, 1.807) is 7.11 Å². The van der Waals surface area contributed by atoms with E-state index in [-0.39, 0.29) is 5.91 Å². The summed E-state index contributed by atoms with van der Waals surface area (Å²) >= 11 is 0. The van der Waals surface area contributed by atoms with Gasteiger partial charge in [0.05, 0.1) is 36.4 Å². The number of aromatic nitrogens is 2. The van der Waals surface area contributed by atoms with Crippen molar-refractivity contribution in [1.82, 2.24) is 9.55 Å². The molecule has 1 unspecified atom stereocenters. The van der Waals surface area contributed by atoms with Crippen molar-refractivity contribution >= 4 is 28.6 Å². The number of rotatable bonds is 6. The summed E-state index contributed by atoms with van der Waals surface area (Å²) < 4.78 is 13.5. The van der Waals surface area contributed by atoms with Gasteiger partial charge >= 0.3 is 0 Å². The number of fused-ring (bicyclic) bond motifs is 3. The first-order chi connectivity index (χ1) is 17.4. The number of aryl methyl sites for hydroxylation is 2. The number of methoxy groups -OCH3 is 1. The Morgan fingerprint density at radius 3 is 2.61 bits per heavy atom. The van der Waals surface area contributed by atoms with E-state index in [1.165, 1.54) is 0 Å². The predicted molar refractivity (Wildman–Crippen MR) is 143 cm³/mol. The molecule has 7 nitrogen and oxygen atoms in total. The number of hydrogen-bond donors (Lipinski definition) is 2. The van der Waals surface area contributed by atoms with Gasteiger partial charge in [0.15, 0.2) is 11.5 Å². The van der Waals surface area contributed by atoms with E-state index in [4.69, 9.17) is 14.5 Å². The molecule has 3 aromatic carbocycles. The van der Waals surface area contributed by atoms with Gasteiger partial charge in [0.25, 0.3) is 5.91 Å². The van der Waals surface area contributed by atoms with Crippen molar-refractivity contribution in [3.05, 3.63) is 88.6 Å². The summed E-state index contributed by atoms with van der Waals surface area (Å²) in [5.41, 5.74) is 6.98. The fourth-order valence-corrected chi connectivity index (χ4v) is 4.85. The van der Waals surface area contributed by atoms with Crippen LogP contribution in [0.5, 0.6) is 11.5 Å². The molecule has 4 aromatic rings. The third kappa shape index (κ3) is 4.06. The minimum atomic E-state index is -0.427. The van der Waals surface area contributed by atoms with Gasteiger partial charge in [-0.1, -0.05) is 35.9 Å². The summed E-state index contributed by atoms with van der Waals surface area (Å²) in [7, 11) is 1.62. The zero-order valence-electron chi connectivity index (χ0n) is 21.2. The first-order valence-corrected chi connectivity index (χ1v) is 12.0. The molecular formula is C29H30N4O3. The van der Waals surface area contributed by atoms with Crippen LogP contribution in [-0.4, -0.2) is 29.2 Å². The lowest BCUT2D eigenvalue weighted by atomic mass is 9.93. The average molecular weight is 483 g/mol. The molecule has 0 radical (unpaired) electrons. The fraction of sp³-hybridized carbons (Fsp3) is 0.241. The van der Waals surface area contributed by atoms with Crippen LogP contribution >= 0.6 is 0 Å². The summed E-state index contributed by atoms with van der Waals surface area (Å²) in [5.74, 6) is 1.80. The maximum atomic E-state index is 13.9. The summed E-state index contributed by atoms with van der Waals surface area (Å²) in [6.45, 7) is 8.42. The van der Waals surface area contributed by atoms with Gasteiger partial charge in [-0.25, -0.2) is 4.98 Å². The Bertz CT molecular complexity index is 1500. The number of carbonyl (C=O) groups excluding carboxylic acids is 1. The first kappa shape index (κ1) is 23.5. The summed E-state index contributed by atoms with van der Waals surface area (Å²) in [5, 5.41) is 6.51. The Kier molecular flexibility index (Phi) is 6.14. The molecule has 0 aliphatic carbocycles. The van der Waals surface area contributed by atoms with Gasteiger partial charge in [-0.05, 0) is 69.2 Å². The van der Waals surface area contributed by atoms with Crippen molar-refractivity contribution in [3.8, 4) is 11.5 Å². The average Bonchev–Trinajstić information content (AvgIpc) is 3.23. The Morgan fingerprint density at radius 2 is 1.86 bits per heavy atom. The van der Waals surface area contributed by atoms with Gasteiger partial charge in [-0.2, -0.15) is 0 Å². The number of ether oxygens (including phenoxy) is 2. The Morgan fingerprint density at radius 1 is 1.06 bits per heavy atom. The largest absolute Gasteiger partial charge is 0.493 e. The van der Waals surface area contributed by atoms with Crippen molar-refractivity contribution in [2.75, 3.05) is 24.4 Å². The van der Waals surface area contributed by atoms with E-state index >= 15 is 0 Å². The number of amides is 1. The van der Waals surface area contributed by atoms with Crippen LogP contribution in [0.15, 0.2) is 71.9 Å². The van der Waals surface area contributed by atoms with Gasteiger partial charge in [0.1, 0.15) is 0 Å². The van der Waals surface area contributed by atoms with E-state index in [9.17, 15) is 4.79 Å². The number of imidazole rings is 1. The maximum absolute atomic E-state index is 13.9. The molecule has 0 bridgehead atoms. The predicted octanol–water partition coefficient (Wildman–Crippen LogP) is 5.99. The number of hydrogen-bond acceptors (Lipinski definition) is 5. The zero-order chi connectivity index (χ0) is 25.4. The lowest BCUT2D eigenvalue weighted by Crippen LogP contribution is -2.31. The highest BCUT2D eigenvalue weighted by atomic mass is 16.5. The number of anilines is 2. The number of nitrogens with zero attached hydrogens (tertiary/aromatic N) is 2. The highest BCUT2D eigenvalue weighted by molar-refractivity contribution is 6.06. The number of allylic oxidation sites excluding steroid dienone is 1. The molecule has 1 aliphatic rings. The Hall–Kier alpha value is -4.26. The number of para-hydroxylation sites is 2. The second kappa shape index (κ2) is 9.41. The standard InChI is InChI=1S/C29H30N4O3/c1-6-36-24-14-12-20(16-25(24)35-5)27-26(28(34)31-21-13-11-17(2)15-18(21)3)19(4)30-29-32-22-9-7-8-10-23(22)33(27)29/h7-16,27H,6H2,1-5H3,(H,30,32)(H,31,34). The summed E-state index contributed by atoms with van der Waals surface area (Å²) in [6.07, 6.45) is 0. The number of nitrogens with one attached hydrogen (secondary N) is 2. The minimum Gasteiger partial charge on any atom is -0.493 e. The van der Waals surface area contributed by atoms with Gasteiger partial charge in [0, 0.05) is 11.4 Å². The molecular weight excluding hydrogens is 452 g/mol. The van der Waals surface area contributed by atoms with Crippen LogP contribution in [0.25, 0.3) is 11.0 Å². The number of carbonyl (C=O) groups is 1. The molecule has 0 spiro atoms. The van der Waals surface area contributed by atoms with Gasteiger partial charge < -0.3 is 20.1 Å². The molecule has 1 aromatic heterocycles. The number of benzene rings is 3. The zero-order valence-corrected chi connectivity index (χ0v) is 21.2. The highest BCUT2D eigenvalue weighted by Crippen LogP contribution is 2.42. The molecule has 2 N–H and O–H groups in total. The van der Waals surface area contributed by atoms with E-state index in [0.717, 1.165) is 39.1 Å². The Labute approximate surface area is 210 Å². The monoisotopic (exact) mass is 482 g/mol. The van der Waals surface area contributed by atoms with Crippen LogP contribution in [0.2, 0.25) is 0 Å². The molecule has 0 fully saturated rings.